The number of benzene rings is 2. The van der Waals surface area contributed by atoms with Gasteiger partial charge in [0.1, 0.15) is 0 Å². The number of sulfone groups is 1. The summed E-state index contributed by atoms with van der Waals surface area (Å²) >= 11 is 0. The largest absolute Gasteiger partial charge is 0.416 e. The second-order valence-corrected chi connectivity index (χ2v) is 8.15. The van der Waals surface area contributed by atoms with Gasteiger partial charge in [0.25, 0.3) is 5.91 Å². The standard InChI is InChI=1S/C18H16F3NO3S/c1-26(24,25)16-7-3-2-6-14(16)17(23)22-10-4-5-12-11-13(18(19,20)21)8-9-15(12)22/h2-3,6-9,11H,4-5,10H2,1H3. The van der Waals surface area contributed by atoms with Crippen molar-refractivity contribution in [3.05, 3.63) is 59.2 Å². The van der Waals surface area contributed by atoms with Crippen LogP contribution in [0.25, 0.3) is 0 Å². The van der Waals surface area contributed by atoms with Gasteiger partial charge in [-0.15, -0.1) is 0 Å². The normalized spacial score (nSPS) is 14.8. The van der Waals surface area contributed by atoms with Crippen molar-refractivity contribution in [1.82, 2.24) is 0 Å². The van der Waals surface area contributed by atoms with Gasteiger partial charge < -0.3 is 4.90 Å². The Morgan fingerprint density at radius 1 is 1.12 bits per heavy atom. The Morgan fingerprint density at radius 2 is 1.81 bits per heavy atom. The first-order valence-corrected chi connectivity index (χ1v) is 9.79. The third-order valence-corrected chi connectivity index (χ3v) is 5.44. The SMILES string of the molecule is CS(=O)(=O)c1ccccc1C(=O)N1CCCc2cc(C(F)(F)F)ccc21. The Kier molecular flexibility index (Phi) is 4.56. The Bertz CT molecular complexity index is 968. The van der Waals surface area contributed by atoms with Gasteiger partial charge in [0.05, 0.1) is 16.0 Å². The van der Waals surface area contributed by atoms with Crippen LogP contribution in [0.4, 0.5) is 18.9 Å². The summed E-state index contributed by atoms with van der Waals surface area (Å²) in [4.78, 5) is 14.2. The van der Waals surface area contributed by atoms with Gasteiger partial charge in [0, 0.05) is 18.5 Å². The van der Waals surface area contributed by atoms with Crippen molar-refractivity contribution >= 4 is 21.4 Å². The van der Waals surface area contributed by atoms with E-state index in [9.17, 15) is 26.4 Å². The number of anilines is 1. The van der Waals surface area contributed by atoms with Gasteiger partial charge in [-0.05, 0) is 48.7 Å². The summed E-state index contributed by atoms with van der Waals surface area (Å²) in [6.07, 6.45) is -2.51. The second kappa shape index (κ2) is 6.42. The molecule has 0 unspecified atom stereocenters. The highest BCUT2D eigenvalue weighted by molar-refractivity contribution is 7.90. The fourth-order valence-electron chi connectivity index (χ4n) is 3.10. The van der Waals surface area contributed by atoms with Gasteiger partial charge in [0.15, 0.2) is 9.84 Å². The fraction of sp³-hybridized carbons (Fsp3) is 0.278. The molecule has 1 aliphatic rings. The van der Waals surface area contributed by atoms with Crippen molar-refractivity contribution in [2.24, 2.45) is 0 Å². The number of amides is 1. The lowest BCUT2D eigenvalue weighted by Gasteiger charge is -2.30. The van der Waals surface area contributed by atoms with Gasteiger partial charge in [-0.2, -0.15) is 13.2 Å². The number of fused-ring (bicyclic) bond motifs is 1. The molecule has 0 spiro atoms. The van der Waals surface area contributed by atoms with Crippen LogP contribution in [0, 0.1) is 0 Å². The number of nitrogens with zero attached hydrogens (tertiary/aromatic N) is 1. The van der Waals surface area contributed by atoms with Crippen LogP contribution in [-0.4, -0.2) is 27.1 Å². The van der Waals surface area contributed by atoms with Crippen molar-refractivity contribution in [2.45, 2.75) is 23.9 Å². The molecule has 0 aromatic heterocycles. The van der Waals surface area contributed by atoms with Crippen LogP contribution >= 0.6 is 0 Å². The zero-order chi connectivity index (χ0) is 19.1. The predicted molar refractivity (Wildman–Crippen MR) is 91.0 cm³/mol. The van der Waals surface area contributed by atoms with Gasteiger partial charge in [-0.25, -0.2) is 8.42 Å². The molecule has 0 N–H and O–H groups in total. The Balaban J connectivity index is 2.05. The lowest BCUT2D eigenvalue weighted by molar-refractivity contribution is -0.137. The van der Waals surface area contributed by atoms with Crippen molar-refractivity contribution in [2.75, 3.05) is 17.7 Å². The summed E-state index contributed by atoms with van der Waals surface area (Å²) in [5, 5.41) is 0. The number of aryl methyl sites for hydroxylation is 1. The van der Waals surface area contributed by atoms with E-state index in [0.717, 1.165) is 18.4 Å². The first-order valence-electron chi connectivity index (χ1n) is 7.90. The Hall–Kier alpha value is -2.35. The highest BCUT2D eigenvalue weighted by Crippen LogP contribution is 2.36. The van der Waals surface area contributed by atoms with Crippen LogP contribution < -0.4 is 4.90 Å². The molecule has 0 saturated heterocycles. The zero-order valence-corrected chi connectivity index (χ0v) is 14.7. The van der Waals surface area contributed by atoms with Gasteiger partial charge in [0.2, 0.25) is 0 Å². The molecule has 2 aromatic rings. The van der Waals surface area contributed by atoms with Crippen LogP contribution in [0.15, 0.2) is 47.4 Å². The van der Waals surface area contributed by atoms with Gasteiger partial charge in [-0.3, -0.25) is 4.79 Å². The van der Waals surface area contributed by atoms with Crippen LogP contribution in [0.5, 0.6) is 0 Å². The minimum atomic E-state index is -4.45. The number of carbonyl (C=O) groups is 1. The average molecular weight is 383 g/mol. The number of hydrogen-bond acceptors (Lipinski definition) is 3. The van der Waals surface area contributed by atoms with Gasteiger partial charge in [-0.1, -0.05) is 12.1 Å². The molecule has 2 aromatic carbocycles. The van der Waals surface area contributed by atoms with E-state index in [1.54, 1.807) is 6.07 Å². The van der Waals surface area contributed by atoms with E-state index in [1.807, 2.05) is 0 Å². The number of carbonyl (C=O) groups excluding carboxylic acids is 1. The number of alkyl halides is 3. The Labute approximate surface area is 149 Å². The van der Waals surface area contributed by atoms with Crippen LogP contribution in [0.2, 0.25) is 0 Å². The molecule has 3 rings (SSSR count). The predicted octanol–water partition coefficient (Wildman–Crippen LogP) is 3.70. The highest BCUT2D eigenvalue weighted by Gasteiger charge is 2.33. The topological polar surface area (TPSA) is 54.5 Å². The molecular formula is C18H16F3NO3S. The summed E-state index contributed by atoms with van der Waals surface area (Å²) in [7, 11) is -3.62. The maximum Gasteiger partial charge on any atom is 0.416 e. The monoisotopic (exact) mass is 383 g/mol. The average Bonchev–Trinajstić information content (AvgIpc) is 2.58. The van der Waals surface area contributed by atoms with E-state index in [0.29, 0.717) is 30.6 Å². The molecule has 0 saturated carbocycles. The van der Waals surface area contributed by atoms with E-state index >= 15 is 0 Å². The lowest BCUT2D eigenvalue weighted by Crippen LogP contribution is -2.36. The number of hydrogen-bond donors (Lipinski definition) is 0. The molecule has 0 bridgehead atoms. The Morgan fingerprint density at radius 3 is 2.46 bits per heavy atom. The van der Waals surface area contributed by atoms with Crippen LogP contribution in [0.1, 0.15) is 27.9 Å². The molecule has 8 heteroatoms. The molecule has 138 valence electrons. The van der Waals surface area contributed by atoms with Crippen LogP contribution in [-0.2, 0) is 22.4 Å². The van der Waals surface area contributed by atoms with E-state index in [1.165, 1.54) is 29.2 Å². The summed E-state index contributed by atoms with van der Waals surface area (Å²) < 4.78 is 62.6. The second-order valence-electron chi connectivity index (χ2n) is 6.17. The van der Waals surface area contributed by atoms with Crippen molar-refractivity contribution in [3.63, 3.8) is 0 Å². The third-order valence-electron chi connectivity index (χ3n) is 4.29. The summed E-state index contributed by atoms with van der Waals surface area (Å²) in [5.41, 5.74) is 0.0682. The van der Waals surface area contributed by atoms with Crippen molar-refractivity contribution < 1.29 is 26.4 Å². The number of halogens is 3. The molecule has 1 aliphatic heterocycles. The summed E-state index contributed by atoms with van der Waals surface area (Å²) in [5.74, 6) is -0.535. The molecule has 1 amide bonds. The third kappa shape index (κ3) is 3.46. The molecule has 1 heterocycles. The van der Waals surface area contributed by atoms with E-state index in [-0.39, 0.29) is 10.5 Å². The molecule has 26 heavy (non-hydrogen) atoms. The number of rotatable bonds is 2. The van der Waals surface area contributed by atoms with E-state index in [2.05, 4.69) is 0 Å². The molecule has 4 nitrogen and oxygen atoms in total. The highest BCUT2D eigenvalue weighted by atomic mass is 32.2. The first-order chi connectivity index (χ1) is 12.1. The minimum absolute atomic E-state index is 0.0164. The van der Waals surface area contributed by atoms with Crippen molar-refractivity contribution in [1.29, 1.82) is 0 Å². The first kappa shape index (κ1) is 18.4. The maximum atomic E-state index is 13.0. The van der Waals surface area contributed by atoms with Crippen molar-refractivity contribution in [3.8, 4) is 0 Å². The lowest BCUT2D eigenvalue weighted by atomic mass is 9.98. The minimum Gasteiger partial charge on any atom is -0.308 e. The molecule has 0 fully saturated rings. The smallest absolute Gasteiger partial charge is 0.308 e. The van der Waals surface area contributed by atoms with E-state index < -0.39 is 27.5 Å². The quantitative estimate of drug-likeness (QED) is 0.795. The molecule has 0 atom stereocenters. The van der Waals surface area contributed by atoms with Crippen LogP contribution in [0.3, 0.4) is 0 Å². The van der Waals surface area contributed by atoms with Gasteiger partial charge >= 0.3 is 6.18 Å². The summed E-state index contributed by atoms with van der Waals surface area (Å²) in [6, 6.07) is 9.10. The molecular weight excluding hydrogens is 367 g/mol. The summed E-state index contributed by atoms with van der Waals surface area (Å²) in [6.45, 7) is 0.315. The fourth-order valence-corrected chi connectivity index (χ4v) is 3.98. The maximum absolute atomic E-state index is 13.0. The molecule has 0 radical (unpaired) electrons. The van der Waals surface area contributed by atoms with E-state index in [4.69, 9.17) is 0 Å². The zero-order valence-electron chi connectivity index (χ0n) is 13.9. The molecule has 0 aliphatic carbocycles.